The molecule has 0 radical (unpaired) electrons. The van der Waals surface area contributed by atoms with Crippen molar-refractivity contribution < 1.29 is 9.53 Å². The number of hydrogen-bond donors (Lipinski definition) is 1. The summed E-state index contributed by atoms with van der Waals surface area (Å²) >= 11 is 6.55. The molecule has 0 bridgehead atoms. The molecule has 0 fully saturated rings. The van der Waals surface area contributed by atoms with Crippen molar-refractivity contribution in [3.05, 3.63) is 78.6 Å². The maximum atomic E-state index is 12.6. The largest absolute Gasteiger partial charge is 0.463 e. The number of hydrogen-bond acceptors (Lipinski definition) is 6. The Hall–Kier alpha value is -2.01. The van der Waals surface area contributed by atoms with Gasteiger partial charge in [0, 0.05) is 20.8 Å². The van der Waals surface area contributed by atoms with Crippen LogP contribution >= 0.6 is 39.0 Å². The first-order valence-electron chi connectivity index (χ1n) is 8.75. The van der Waals surface area contributed by atoms with Gasteiger partial charge in [-0.2, -0.15) is 5.26 Å². The highest BCUT2D eigenvalue weighted by Crippen LogP contribution is 2.43. The van der Waals surface area contributed by atoms with Crippen LogP contribution in [0.15, 0.2) is 68.1 Å². The average Bonchev–Trinajstić information content (AvgIpc) is 3.21. The summed E-state index contributed by atoms with van der Waals surface area (Å²) in [6.45, 7) is 3.94. The first-order valence-corrected chi connectivity index (χ1v) is 11.4. The van der Waals surface area contributed by atoms with Gasteiger partial charge in [0.2, 0.25) is 0 Å². The monoisotopic (exact) mass is 474 g/mol. The van der Waals surface area contributed by atoms with Crippen molar-refractivity contribution in [3.8, 4) is 6.07 Å². The molecule has 2 heterocycles. The van der Waals surface area contributed by atoms with Gasteiger partial charge in [0.15, 0.2) is 0 Å². The molecule has 1 atom stereocenters. The molecular formula is C21H19BrN2O2S2. The zero-order valence-electron chi connectivity index (χ0n) is 15.5. The Morgan fingerprint density at radius 1 is 1.36 bits per heavy atom. The lowest BCUT2D eigenvalue weighted by molar-refractivity contribution is -0.138. The van der Waals surface area contributed by atoms with Gasteiger partial charge in [0.05, 0.1) is 34.8 Å². The molecule has 1 N–H and O–H groups in total. The van der Waals surface area contributed by atoms with Gasteiger partial charge in [-0.25, -0.2) is 4.79 Å². The Bertz CT molecular complexity index is 957. The molecule has 7 heteroatoms. The minimum atomic E-state index is -0.405. The predicted molar refractivity (Wildman–Crippen MR) is 118 cm³/mol. The van der Waals surface area contributed by atoms with Gasteiger partial charge in [-0.05, 0) is 43.0 Å². The molecule has 1 aromatic carbocycles. The van der Waals surface area contributed by atoms with Crippen LogP contribution in [-0.4, -0.2) is 12.6 Å². The van der Waals surface area contributed by atoms with E-state index in [9.17, 15) is 10.1 Å². The maximum Gasteiger partial charge on any atom is 0.336 e. The predicted octanol–water partition coefficient (Wildman–Crippen LogP) is 5.70. The van der Waals surface area contributed by atoms with E-state index in [1.165, 1.54) is 11.3 Å². The minimum absolute atomic E-state index is 0.295. The molecule has 1 aliphatic heterocycles. The molecule has 1 aliphatic rings. The van der Waals surface area contributed by atoms with Gasteiger partial charge in [0.1, 0.15) is 0 Å². The van der Waals surface area contributed by atoms with Crippen LogP contribution < -0.4 is 5.32 Å². The Labute approximate surface area is 181 Å². The number of thiophene rings is 1. The summed E-state index contributed by atoms with van der Waals surface area (Å²) in [6.07, 6.45) is 0. The molecule has 0 saturated heterocycles. The number of nitrogens with zero attached hydrogens (tertiary/aromatic N) is 1. The Morgan fingerprint density at radius 3 is 2.71 bits per heavy atom. The fraction of sp³-hybridized carbons (Fsp3) is 0.238. The van der Waals surface area contributed by atoms with Crippen LogP contribution in [0.25, 0.3) is 0 Å². The Kier molecular flexibility index (Phi) is 7.00. The molecule has 0 unspecified atom stereocenters. The van der Waals surface area contributed by atoms with E-state index >= 15 is 0 Å². The zero-order chi connectivity index (χ0) is 20.1. The molecule has 144 valence electrons. The van der Waals surface area contributed by atoms with Crippen molar-refractivity contribution in [1.82, 2.24) is 5.32 Å². The number of dihydropyridines is 1. The van der Waals surface area contributed by atoms with Crippen molar-refractivity contribution in [2.45, 2.75) is 25.5 Å². The van der Waals surface area contributed by atoms with E-state index < -0.39 is 5.92 Å². The lowest BCUT2D eigenvalue weighted by atomic mass is 9.87. The number of halogens is 1. The summed E-state index contributed by atoms with van der Waals surface area (Å²) in [7, 11) is 0. The van der Waals surface area contributed by atoms with Crippen molar-refractivity contribution in [2.75, 3.05) is 6.61 Å². The summed E-state index contributed by atoms with van der Waals surface area (Å²) in [6, 6.07) is 14.3. The number of thioether (sulfide) groups is 1. The number of allylic oxidation sites excluding steroid dienone is 2. The maximum absolute atomic E-state index is 12.6. The number of nitrogens with one attached hydrogen (secondary N) is 1. The second-order valence-electron chi connectivity index (χ2n) is 6.10. The number of carbonyl (C=O) groups excluding carboxylic acids is 1. The molecule has 4 nitrogen and oxygen atoms in total. The van der Waals surface area contributed by atoms with E-state index in [1.54, 1.807) is 18.7 Å². The highest BCUT2D eigenvalue weighted by Gasteiger charge is 2.35. The topological polar surface area (TPSA) is 62.1 Å². The van der Waals surface area contributed by atoms with Gasteiger partial charge in [0.25, 0.3) is 0 Å². The third kappa shape index (κ3) is 4.52. The average molecular weight is 475 g/mol. The van der Waals surface area contributed by atoms with E-state index in [-0.39, 0.29) is 5.97 Å². The fourth-order valence-electron chi connectivity index (χ4n) is 2.98. The minimum Gasteiger partial charge on any atom is -0.463 e. The van der Waals surface area contributed by atoms with Crippen LogP contribution in [0.3, 0.4) is 0 Å². The lowest BCUT2D eigenvalue weighted by Crippen LogP contribution is -2.28. The van der Waals surface area contributed by atoms with Crippen molar-refractivity contribution in [2.24, 2.45) is 0 Å². The van der Waals surface area contributed by atoms with Crippen LogP contribution in [0.2, 0.25) is 0 Å². The van der Waals surface area contributed by atoms with E-state index in [0.717, 1.165) is 31.4 Å². The summed E-state index contributed by atoms with van der Waals surface area (Å²) in [5, 5.41) is 16.0. The standard InChI is InChI=1S/C21H19BrN2O2S2/c1-3-26-21(25)18-13(2)24-20(28-12-14-6-8-15(22)9-7-14)16(11-23)19(18)17-5-4-10-27-17/h4-10,19,24H,3,12H2,1-2H3/t19-/m0/s1. The summed E-state index contributed by atoms with van der Waals surface area (Å²) in [5.74, 6) is -0.0618. The molecule has 2 aromatic rings. The third-order valence-corrected chi connectivity index (χ3v) is 6.82. The SMILES string of the molecule is CCOC(=O)C1=C(C)NC(SCc2ccc(Br)cc2)=C(C#N)[C@H]1c1cccs1. The second-order valence-corrected chi connectivity index (χ2v) is 8.98. The van der Waals surface area contributed by atoms with E-state index in [4.69, 9.17) is 4.74 Å². The molecule has 0 saturated carbocycles. The molecule has 0 amide bonds. The zero-order valence-corrected chi connectivity index (χ0v) is 18.7. The van der Waals surface area contributed by atoms with Crippen LogP contribution in [0.4, 0.5) is 0 Å². The second kappa shape index (κ2) is 9.46. The molecule has 0 aliphatic carbocycles. The van der Waals surface area contributed by atoms with Crippen molar-refractivity contribution in [3.63, 3.8) is 0 Å². The summed E-state index contributed by atoms with van der Waals surface area (Å²) in [4.78, 5) is 13.6. The molecule has 1 aromatic heterocycles. The molecule has 28 heavy (non-hydrogen) atoms. The number of esters is 1. The Morgan fingerprint density at radius 2 is 2.11 bits per heavy atom. The molecule has 3 rings (SSSR count). The summed E-state index contributed by atoms with van der Waals surface area (Å²) in [5.41, 5.74) is 2.95. The lowest BCUT2D eigenvalue weighted by Gasteiger charge is -2.28. The third-order valence-electron chi connectivity index (χ3n) is 4.27. The highest BCUT2D eigenvalue weighted by molar-refractivity contribution is 9.10. The van der Waals surface area contributed by atoms with E-state index in [2.05, 4.69) is 39.4 Å². The number of benzene rings is 1. The van der Waals surface area contributed by atoms with E-state index in [0.29, 0.717) is 17.8 Å². The van der Waals surface area contributed by atoms with Gasteiger partial charge < -0.3 is 10.1 Å². The fourth-order valence-corrected chi connectivity index (χ4v) is 5.14. The van der Waals surface area contributed by atoms with Gasteiger partial charge in [-0.3, -0.25) is 0 Å². The van der Waals surface area contributed by atoms with Crippen LogP contribution in [0.1, 0.15) is 30.2 Å². The quantitative estimate of drug-likeness (QED) is 0.543. The van der Waals surface area contributed by atoms with Crippen LogP contribution in [0.5, 0.6) is 0 Å². The van der Waals surface area contributed by atoms with Crippen LogP contribution in [0, 0.1) is 11.3 Å². The number of rotatable bonds is 6. The molecular weight excluding hydrogens is 456 g/mol. The van der Waals surface area contributed by atoms with Gasteiger partial charge >= 0.3 is 5.97 Å². The highest BCUT2D eigenvalue weighted by atomic mass is 79.9. The van der Waals surface area contributed by atoms with Crippen molar-refractivity contribution in [1.29, 1.82) is 5.26 Å². The molecule has 0 spiro atoms. The number of ether oxygens (including phenoxy) is 1. The smallest absolute Gasteiger partial charge is 0.336 e. The summed E-state index contributed by atoms with van der Waals surface area (Å²) < 4.78 is 6.31. The van der Waals surface area contributed by atoms with Gasteiger partial charge in [-0.15, -0.1) is 23.1 Å². The van der Waals surface area contributed by atoms with Gasteiger partial charge in [-0.1, -0.05) is 34.1 Å². The first-order chi connectivity index (χ1) is 13.5. The van der Waals surface area contributed by atoms with E-state index in [1.807, 2.05) is 36.6 Å². The number of carbonyl (C=O) groups is 1. The first kappa shape index (κ1) is 20.7. The normalized spacial score (nSPS) is 16.6. The number of nitriles is 1. The Balaban J connectivity index is 1.95. The van der Waals surface area contributed by atoms with Crippen molar-refractivity contribution >= 4 is 45.0 Å². The van der Waals surface area contributed by atoms with Crippen LogP contribution in [-0.2, 0) is 15.3 Å².